The molecule has 1 aliphatic rings. The van der Waals surface area contributed by atoms with Crippen molar-refractivity contribution in [1.29, 1.82) is 0 Å². The Morgan fingerprint density at radius 2 is 1.32 bits per heavy atom. The lowest BCUT2D eigenvalue weighted by Crippen LogP contribution is -2.59. The van der Waals surface area contributed by atoms with E-state index >= 15 is 0 Å². The summed E-state index contributed by atoms with van der Waals surface area (Å²) < 4.78 is 7.75. The third-order valence-corrected chi connectivity index (χ3v) is 6.45. The Morgan fingerprint density at radius 1 is 0.821 bits per heavy atom. The molecular formula is C23H22BBr2NO. The first-order chi connectivity index (χ1) is 13.4. The quantitative estimate of drug-likeness (QED) is 0.485. The predicted molar refractivity (Wildman–Crippen MR) is 128 cm³/mol. The molecule has 28 heavy (non-hydrogen) atoms. The summed E-state index contributed by atoms with van der Waals surface area (Å²) in [6.07, 6.45) is 0. The summed E-state index contributed by atoms with van der Waals surface area (Å²) in [5.41, 5.74) is 10.4. The molecule has 0 N–H and O–H groups in total. The average molecular weight is 499 g/mol. The maximum Gasteiger partial charge on any atom is 0.247 e. The highest BCUT2D eigenvalue weighted by Gasteiger charge is 2.36. The lowest BCUT2D eigenvalue weighted by molar-refractivity contribution is 0.206. The van der Waals surface area contributed by atoms with Crippen LogP contribution < -0.4 is 21.3 Å². The number of methoxy groups -OCH3 is 1. The van der Waals surface area contributed by atoms with E-state index in [0.29, 0.717) is 6.73 Å². The van der Waals surface area contributed by atoms with E-state index in [1.165, 1.54) is 44.5 Å². The van der Waals surface area contributed by atoms with Crippen molar-refractivity contribution in [3.05, 3.63) is 74.2 Å². The summed E-state index contributed by atoms with van der Waals surface area (Å²) in [7, 11) is 1.75. The molecule has 0 radical (unpaired) electrons. The molecule has 0 aliphatic carbocycles. The van der Waals surface area contributed by atoms with Crippen LogP contribution in [-0.4, -0.2) is 20.6 Å². The number of hydrogen-bond donors (Lipinski definition) is 0. The maximum atomic E-state index is 5.56. The van der Waals surface area contributed by atoms with Crippen LogP contribution in [0.1, 0.15) is 16.7 Å². The van der Waals surface area contributed by atoms with Crippen molar-refractivity contribution < 1.29 is 4.74 Å². The zero-order valence-electron chi connectivity index (χ0n) is 16.5. The summed E-state index contributed by atoms with van der Waals surface area (Å²) >= 11 is 7.39. The van der Waals surface area contributed by atoms with E-state index in [-0.39, 0.29) is 6.71 Å². The molecule has 1 heterocycles. The predicted octanol–water partition coefficient (Wildman–Crippen LogP) is 4.71. The standard InChI is InChI=1S/C23H22BBr2NO/c1-14-9-15(2)23(16(3)10-14)24-19-11-17(25)5-7-21(19)27(13-28-4)22-8-6-18(26)12-20(22)24/h5-12H,13H2,1-4H3. The fraction of sp³-hybridized carbons (Fsp3) is 0.217. The fourth-order valence-corrected chi connectivity index (χ4v) is 5.29. The van der Waals surface area contributed by atoms with Gasteiger partial charge in [0, 0.05) is 27.4 Å². The summed E-state index contributed by atoms with van der Waals surface area (Å²) in [5, 5.41) is 0. The number of hydrogen-bond acceptors (Lipinski definition) is 2. The van der Waals surface area contributed by atoms with Gasteiger partial charge in [-0.05, 0) is 56.0 Å². The van der Waals surface area contributed by atoms with Crippen LogP contribution in [0.25, 0.3) is 0 Å². The maximum absolute atomic E-state index is 5.56. The van der Waals surface area contributed by atoms with Crippen LogP contribution in [0.3, 0.4) is 0 Å². The molecule has 0 atom stereocenters. The number of nitrogens with zero attached hydrogens (tertiary/aromatic N) is 1. The molecule has 0 unspecified atom stereocenters. The summed E-state index contributed by atoms with van der Waals surface area (Å²) in [6.45, 7) is 7.31. The lowest BCUT2D eigenvalue weighted by Gasteiger charge is -2.37. The second kappa shape index (κ2) is 7.70. The highest BCUT2D eigenvalue weighted by molar-refractivity contribution is 9.10. The van der Waals surface area contributed by atoms with E-state index in [0.717, 1.165) is 8.95 Å². The first-order valence-electron chi connectivity index (χ1n) is 9.34. The number of ether oxygens (including phenoxy) is 1. The Morgan fingerprint density at radius 3 is 1.79 bits per heavy atom. The highest BCUT2D eigenvalue weighted by atomic mass is 79.9. The van der Waals surface area contributed by atoms with Crippen molar-refractivity contribution >= 4 is 66.3 Å². The largest absolute Gasteiger partial charge is 0.364 e. The van der Waals surface area contributed by atoms with E-state index in [9.17, 15) is 0 Å². The molecule has 3 aromatic rings. The van der Waals surface area contributed by atoms with E-state index in [4.69, 9.17) is 4.74 Å². The molecule has 2 nitrogen and oxygen atoms in total. The average Bonchev–Trinajstić information content (AvgIpc) is 2.63. The van der Waals surface area contributed by atoms with Crippen LogP contribution in [-0.2, 0) is 4.74 Å². The molecular weight excluding hydrogens is 477 g/mol. The summed E-state index contributed by atoms with van der Waals surface area (Å²) in [6, 6.07) is 17.7. The van der Waals surface area contributed by atoms with Gasteiger partial charge >= 0.3 is 0 Å². The summed E-state index contributed by atoms with van der Waals surface area (Å²) in [5.74, 6) is 0. The van der Waals surface area contributed by atoms with E-state index < -0.39 is 0 Å². The third kappa shape index (κ3) is 3.34. The van der Waals surface area contributed by atoms with Gasteiger partial charge in [0.05, 0.1) is 0 Å². The number of rotatable bonds is 3. The topological polar surface area (TPSA) is 12.5 Å². The Kier molecular flexibility index (Phi) is 5.43. The van der Waals surface area contributed by atoms with Crippen molar-refractivity contribution in [3.8, 4) is 0 Å². The zero-order valence-corrected chi connectivity index (χ0v) is 19.7. The van der Waals surface area contributed by atoms with Gasteiger partial charge in [0.25, 0.3) is 0 Å². The fourth-order valence-electron chi connectivity index (χ4n) is 4.53. The van der Waals surface area contributed by atoms with Crippen molar-refractivity contribution in [2.24, 2.45) is 0 Å². The van der Waals surface area contributed by atoms with Crippen LogP contribution in [0.2, 0.25) is 0 Å². The molecule has 0 spiro atoms. The van der Waals surface area contributed by atoms with E-state index in [1.807, 2.05) is 0 Å². The number of benzene rings is 3. The van der Waals surface area contributed by atoms with E-state index in [2.05, 4.69) is 106 Å². The van der Waals surface area contributed by atoms with Crippen LogP contribution in [0, 0.1) is 20.8 Å². The van der Waals surface area contributed by atoms with Gasteiger partial charge in [0.1, 0.15) is 6.73 Å². The van der Waals surface area contributed by atoms with Gasteiger partial charge in [0.2, 0.25) is 6.71 Å². The Hall–Kier alpha value is -1.56. The van der Waals surface area contributed by atoms with Gasteiger partial charge in [-0.15, -0.1) is 0 Å². The molecule has 0 fully saturated rings. The Labute approximate surface area is 184 Å². The first kappa shape index (κ1) is 19.7. The lowest BCUT2D eigenvalue weighted by atomic mass is 9.34. The number of aryl methyl sites for hydroxylation is 3. The van der Waals surface area contributed by atoms with Gasteiger partial charge < -0.3 is 9.64 Å². The molecule has 0 saturated heterocycles. The van der Waals surface area contributed by atoms with Crippen molar-refractivity contribution in [1.82, 2.24) is 0 Å². The second-order valence-electron chi connectivity index (χ2n) is 7.50. The molecule has 1 aliphatic heterocycles. The zero-order chi connectivity index (χ0) is 20.0. The number of anilines is 2. The van der Waals surface area contributed by atoms with Crippen LogP contribution >= 0.6 is 31.9 Å². The molecule has 4 rings (SSSR count). The Balaban J connectivity index is 2.06. The van der Waals surface area contributed by atoms with Gasteiger partial charge in [-0.2, -0.15) is 0 Å². The van der Waals surface area contributed by atoms with Crippen LogP contribution in [0.4, 0.5) is 11.4 Å². The summed E-state index contributed by atoms with van der Waals surface area (Å²) in [4.78, 5) is 2.26. The van der Waals surface area contributed by atoms with Crippen molar-refractivity contribution in [3.63, 3.8) is 0 Å². The second-order valence-corrected chi connectivity index (χ2v) is 9.33. The van der Waals surface area contributed by atoms with Crippen LogP contribution in [0.5, 0.6) is 0 Å². The highest BCUT2D eigenvalue weighted by Crippen LogP contribution is 2.31. The third-order valence-electron chi connectivity index (χ3n) is 5.47. The molecule has 142 valence electrons. The van der Waals surface area contributed by atoms with Crippen LogP contribution in [0.15, 0.2) is 57.5 Å². The minimum absolute atomic E-state index is 0.175. The van der Waals surface area contributed by atoms with Gasteiger partial charge in [0.15, 0.2) is 0 Å². The SMILES string of the molecule is COCN1c2ccc(Br)cc2B(c2c(C)cc(C)cc2C)c2cc(Br)ccc21. The van der Waals surface area contributed by atoms with Gasteiger partial charge in [-0.25, -0.2) is 0 Å². The number of halogens is 2. The minimum Gasteiger partial charge on any atom is -0.364 e. The van der Waals surface area contributed by atoms with Gasteiger partial charge in [-0.3, -0.25) is 0 Å². The van der Waals surface area contributed by atoms with Crippen molar-refractivity contribution in [2.75, 3.05) is 18.7 Å². The normalized spacial score (nSPS) is 12.8. The number of fused-ring (bicyclic) bond motifs is 2. The molecule has 5 heteroatoms. The Bertz CT molecular complexity index is 990. The minimum atomic E-state index is 0.175. The molecule has 3 aromatic carbocycles. The van der Waals surface area contributed by atoms with Gasteiger partial charge in [-0.1, -0.05) is 78.3 Å². The molecule has 0 aromatic heterocycles. The molecule has 0 amide bonds. The van der Waals surface area contributed by atoms with Crippen molar-refractivity contribution in [2.45, 2.75) is 20.8 Å². The molecule has 0 saturated carbocycles. The monoisotopic (exact) mass is 497 g/mol. The van der Waals surface area contributed by atoms with E-state index in [1.54, 1.807) is 7.11 Å². The smallest absolute Gasteiger partial charge is 0.247 e. The molecule has 0 bridgehead atoms. The first-order valence-corrected chi connectivity index (χ1v) is 10.9.